The van der Waals surface area contributed by atoms with Gasteiger partial charge in [-0.15, -0.1) is 0 Å². The van der Waals surface area contributed by atoms with Crippen LogP contribution in [-0.2, 0) is 11.2 Å². The van der Waals surface area contributed by atoms with E-state index in [0.29, 0.717) is 6.54 Å². The van der Waals surface area contributed by atoms with Crippen LogP contribution in [0.25, 0.3) is 11.0 Å². The lowest BCUT2D eigenvalue weighted by Gasteiger charge is -2.02. The Morgan fingerprint density at radius 3 is 3.20 bits per heavy atom. The van der Waals surface area contributed by atoms with Gasteiger partial charge in [0, 0.05) is 13.5 Å². The monoisotopic (exact) mass is 203 g/mol. The number of H-pyrrole nitrogens is 1. The normalized spacial score (nSPS) is 10.5. The maximum absolute atomic E-state index is 10.7. The lowest BCUT2D eigenvalue weighted by Crippen LogP contribution is -2.22. The van der Waals surface area contributed by atoms with E-state index in [-0.39, 0.29) is 5.91 Å². The largest absolute Gasteiger partial charge is 0.356 e. The van der Waals surface area contributed by atoms with Gasteiger partial charge in [-0.05, 0) is 24.1 Å². The zero-order chi connectivity index (χ0) is 10.7. The Kier molecular flexibility index (Phi) is 2.67. The summed E-state index contributed by atoms with van der Waals surface area (Å²) in [4.78, 5) is 17.9. The highest BCUT2D eigenvalue weighted by molar-refractivity contribution is 5.75. The van der Waals surface area contributed by atoms with Crippen molar-refractivity contribution < 1.29 is 4.79 Å². The number of carbonyl (C=O) groups is 1. The zero-order valence-electron chi connectivity index (χ0n) is 8.58. The van der Waals surface area contributed by atoms with Crippen molar-refractivity contribution in [3.05, 3.63) is 30.1 Å². The van der Waals surface area contributed by atoms with Crippen LogP contribution >= 0.6 is 0 Å². The van der Waals surface area contributed by atoms with Crippen LogP contribution in [0.1, 0.15) is 12.5 Å². The fraction of sp³-hybridized carbons (Fsp3) is 0.273. The SMILES string of the molecule is CC(=O)NCCc1ccc2nc[nH]c2c1. The number of aromatic amines is 1. The van der Waals surface area contributed by atoms with Crippen molar-refractivity contribution in [1.29, 1.82) is 0 Å². The second-order valence-electron chi connectivity index (χ2n) is 3.49. The smallest absolute Gasteiger partial charge is 0.216 e. The third kappa shape index (κ3) is 2.34. The van der Waals surface area contributed by atoms with Gasteiger partial charge in [0.1, 0.15) is 0 Å². The molecule has 0 atom stereocenters. The van der Waals surface area contributed by atoms with E-state index in [4.69, 9.17) is 0 Å². The summed E-state index contributed by atoms with van der Waals surface area (Å²) >= 11 is 0. The number of hydrogen-bond acceptors (Lipinski definition) is 2. The molecule has 4 heteroatoms. The molecule has 1 aromatic heterocycles. The molecule has 0 radical (unpaired) electrons. The van der Waals surface area contributed by atoms with Gasteiger partial charge in [0.15, 0.2) is 0 Å². The van der Waals surface area contributed by atoms with Gasteiger partial charge >= 0.3 is 0 Å². The molecule has 0 spiro atoms. The van der Waals surface area contributed by atoms with Crippen molar-refractivity contribution in [3.63, 3.8) is 0 Å². The predicted octanol–water partition coefficient (Wildman–Crippen LogP) is 1.24. The summed E-state index contributed by atoms with van der Waals surface area (Å²) in [6.45, 7) is 2.20. The molecular weight excluding hydrogens is 190 g/mol. The summed E-state index contributed by atoms with van der Waals surface area (Å²) < 4.78 is 0. The number of hydrogen-bond donors (Lipinski definition) is 2. The molecule has 0 bridgehead atoms. The highest BCUT2D eigenvalue weighted by Gasteiger charge is 1.98. The van der Waals surface area contributed by atoms with Crippen LogP contribution in [0.15, 0.2) is 24.5 Å². The van der Waals surface area contributed by atoms with Crippen LogP contribution in [0.5, 0.6) is 0 Å². The maximum Gasteiger partial charge on any atom is 0.216 e. The van der Waals surface area contributed by atoms with Gasteiger partial charge in [0.05, 0.1) is 17.4 Å². The van der Waals surface area contributed by atoms with Crippen LogP contribution in [0.3, 0.4) is 0 Å². The van der Waals surface area contributed by atoms with Gasteiger partial charge in [-0.3, -0.25) is 4.79 Å². The van der Waals surface area contributed by atoms with Crippen LogP contribution < -0.4 is 5.32 Å². The Hall–Kier alpha value is -1.84. The molecule has 0 saturated carbocycles. The third-order valence-electron chi connectivity index (χ3n) is 2.27. The average molecular weight is 203 g/mol. The van der Waals surface area contributed by atoms with E-state index < -0.39 is 0 Å². The van der Waals surface area contributed by atoms with Crippen LogP contribution in [0, 0.1) is 0 Å². The summed E-state index contributed by atoms with van der Waals surface area (Å²) in [6, 6.07) is 6.07. The summed E-state index contributed by atoms with van der Waals surface area (Å²) in [5, 5.41) is 2.77. The Labute approximate surface area is 87.7 Å². The molecule has 1 amide bonds. The van der Waals surface area contributed by atoms with E-state index in [2.05, 4.69) is 21.4 Å². The van der Waals surface area contributed by atoms with E-state index in [1.165, 1.54) is 12.5 Å². The van der Waals surface area contributed by atoms with E-state index in [1.807, 2.05) is 12.1 Å². The summed E-state index contributed by atoms with van der Waals surface area (Å²) in [5.74, 6) is 0.0117. The molecule has 0 saturated heterocycles. The molecule has 1 heterocycles. The molecule has 78 valence electrons. The molecule has 1 aromatic carbocycles. The van der Waals surface area contributed by atoms with Crippen molar-refractivity contribution in [1.82, 2.24) is 15.3 Å². The molecule has 0 fully saturated rings. The summed E-state index contributed by atoms with van der Waals surface area (Å²) in [6.07, 6.45) is 2.52. The van der Waals surface area contributed by atoms with Crippen molar-refractivity contribution >= 4 is 16.9 Å². The number of nitrogens with zero attached hydrogens (tertiary/aromatic N) is 1. The Balaban J connectivity index is 2.04. The number of amides is 1. The molecule has 15 heavy (non-hydrogen) atoms. The number of rotatable bonds is 3. The first-order chi connectivity index (χ1) is 7.25. The lowest BCUT2D eigenvalue weighted by atomic mass is 10.1. The van der Waals surface area contributed by atoms with E-state index in [1.54, 1.807) is 6.33 Å². The number of carbonyl (C=O) groups excluding carboxylic acids is 1. The lowest BCUT2D eigenvalue weighted by molar-refractivity contribution is -0.118. The highest BCUT2D eigenvalue weighted by atomic mass is 16.1. The average Bonchev–Trinajstić information content (AvgIpc) is 2.64. The van der Waals surface area contributed by atoms with Crippen LogP contribution in [0.4, 0.5) is 0 Å². The fourth-order valence-electron chi connectivity index (χ4n) is 1.52. The summed E-state index contributed by atoms with van der Waals surface area (Å²) in [7, 11) is 0. The third-order valence-corrected chi connectivity index (χ3v) is 2.27. The standard InChI is InChI=1S/C11H13N3O/c1-8(15)12-5-4-9-2-3-10-11(6-9)14-7-13-10/h2-3,6-7H,4-5H2,1H3,(H,12,15)(H,13,14). The zero-order valence-corrected chi connectivity index (χ0v) is 8.58. The van der Waals surface area contributed by atoms with Crippen molar-refractivity contribution in [2.24, 2.45) is 0 Å². The Morgan fingerprint density at radius 2 is 2.40 bits per heavy atom. The van der Waals surface area contributed by atoms with E-state index in [0.717, 1.165) is 17.5 Å². The molecule has 0 aliphatic heterocycles. The molecular formula is C11H13N3O. The van der Waals surface area contributed by atoms with Gasteiger partial charge < -0.3 is 10.3 Å². The van der Waals surface area contributed by atoms with Crippen LogP contribution in [0.2, 0.25) is 0 Å². The Bertz CT molecular complexity index is 475. The number of benzene rings is 1. The van der Waals surface area contributed by atoms with Gasteiger partial charge in [0.2, 0.25) is 5.91 Å². The topological polar surface area (TPSA) is 57.8 Å². The van der Waals surface area contributed by atoms with Crippen molar-refractivity contribution in [3.8, 4) is 0 Å². The molecule has 0 aliphatic carbocycles. The Morgan fingerprint density at radius 1 is 1.53 bits per heavy atom. The van der Waals surface area contributed by atoms with Gasteiger partial charge in [0.25, 0.3) is 0 Å². The van der Waals surface area contributed by atoms with Gasteiger partial charge in [-0.2, -0.15) is 0 Å². The second-order valence-corrected chi connectivity index (χ2v) is 3.49. The first-order valence-corrected chi connectivity index (χ1v) is 4.92. The highest BCUT2D eigenvalue weighted by Crippen LogP contribution is 2.11. The first kappa shape index (κ1) is 9.71. The number of imidazole rings is 1. The molecule has 4 nitrogen and oxygen atoms in total. The number of aromatic nitrogens is 2. The minimum atomic E-state index is 0.0117. The molecule has 2 rings (SSSR count). The van der Waals surface area contributed by atoms with E-state index in [9.17, 15) is 4.79 Å². The quantitative estimate of drug-likeness (QED) is 0.788. The molecule has 0 unspecified atom stereocenters. The van der Waals surface area contributed by atoms with Gasteiger partial charge in [-0.25, -0.2) is 4.98 Å². The minimum absolute atomic E-state index is 0.0117. The van der Waals surface area contributed by atoms with Crippen molar-refractivity contribution in [2.45, 2.75) is 13.3 Å². The van der Waals surface area contributed by atoms with Crippen molar-refractivity contribution in [2.75, 3.05) is 6.54 Å². The fourth-order valence-corrected chi connectivity index (χ4v) is 1.52. The number of fused-ring (bicyclic) bond motifs is 1. The molecule has 2 aromatic rings. The minimum Gasteiger partial charge on any atom is -0.356 e. The first-order valence-electron chi connectivity index (χ1n) is 4.92. The van der Waals surface area contributed by atoms with Gasteiger partial charge in [-0.1, -0.05) is 6.07 Å². The number of nitrogens with one attached hydrogen (secondary N) is 2. The predicted molar refractivity (Wildman–Crippen MR) is 58.5 cm³/mol. The van der Waals surface area contributed by atoms with E-state index >= 15 is 0 Å². The summed E-state index contributed by atoms with van der Waals surface area (Å²) in [5.41, 5.74) is 3.20. The molecule has 2 N–H and O–H groups in total. The molecule has 0 aliphatic rings. The maximum atomic E-state index is 10.7. The second kappa shape index (κ2) is 4.13. The van der Waals surface area contributed by atoms with Crippen LogP contribution in [-0.4, -0.2) is 22.4 Å².